The number of fused-ring (bicyclic) bond motifs is 1. The Bertz CT molecular complexity index is 1420. The summed E-state index contributed by atoms with van der Waals surface area (Å²) in [6.07, 6.45) is 2.63. The highest BCUT2D eigenvalue weighted by Gasteiger charge is 2.37. The second-order valence-electron chi connectivity index (χ2n) is 13.2. The molecule has 2 radical (unpaired) electrons. The Morgan fingerprint density at radius 2 is 1.67 bits per heavy atom. The maximum Gasteiger partial charge on any atom is 0.410 e. The Balaban J connectivity index is 1.09. The van der Waals surface area contributed by atoms with Crippen molar-refractivity contribution >= 4 is 37.0 Å². The van der Waals surface area contributed by atoms with Crippen molar-refractivity contribution < 1.29 is 29.3 Å². The van der Waals surface area contributed by atoms with Crippen LogP contribution in [0.4, 0.5) is 15.3 Å². The number of carbonyl (C=O) groups is 3. The second-order valence-corrected chi connectivity index (χ2v) is 13.2. The Morgan fingerprint density at radius 3 is 2.37 bits per heavy atom. The normalized spacial score (nSPS) is 22.3. The number of phenolic OH excluding ortho intramolecular Hbond substituents is 1. The van der Waals surface area contributed by atoms with E-state index in [9.17, 15) is 24.6 Å². The number of nitrogens with zero attached hydrogens (tertiary/aromatic N) is 4. The van der Waals surface area contributed by atoms with Gasteiger partial charge >= 0.3 is 12.1 Å². The number of hydrogen-bond donors (Lipinski definition) is 3. The number of piperidine rings is 2. The van der Waals surface area contributed by atoms with Gasteiger partial charge in [-0.05, 0) is 68.2 Å². The number of para-hydroxylation sites is 1. The standard InChI is InChI=1S/C34H44BN5O6/c1-22-18-23(19-28(35)31(22)42)20-30(32(43)37-12-7-25(8-13-37)39-16-11-27(41)21-39)46-34(45)38-14-9-26(10-15-38)40-17-6-24-4-2-3-5-29(24)36-33(40)44/h2-5,18-19,25-27,30,41-42H,6-17,20-21H2,1H3,(H,36,44)/t27-,30-/m1/s1. The summed E-state index contributed by atoms with van der Waals surface area (Å²) >= 11 is 0. The summed E-state index contributed by atoms with van der Waals surface area (Å²) in [6.45, 7) is 5.83. The van der Waals surface area contributed by atoms with Crippen LogP contribution in [-0.2, 0) is 22.4 Å². The van der Waals surface area contributed by atoms with Gasteiger partial charge in [0.2, 0.25) is 0 Å². The molecule has 11 nitrogen and oxygen atoms in total. The van der Waals surface area contributed by atoms with Gasteiger partial charge in [-0.3, -0.25) is 9.69 Å². The minimum absolute atomic E-state index is 0.00238. The first kappa shape index (κ1) is 32.2. The van der Waals surface area contributed by atoms with Crippen LogP contribution < -0.4 is 10.8 Å². The Kier molecular flexibility index (Phi) is 9.74. The Hall–Kier alpha value is -3.77. The number of phenols is 1. The summed E-state index contributed by atoms with van der Waals surface area (Å²) in [5.74, 6) is -0.240. The molecule has 4 aliphatic rings. The fraction of sp³-hybridized carbons (Fsp3) is 0.559. The molecule has 2 aromatic carbocycles. The molecule has 0 aromatic heterocycles. The first-order chi connectivity index (χ1) is 22.2. The maximum atomic E-state index is 13.9. The number of anilines is 1. The van der Waals surface area contributed by atoms with Gasteiger partial charge in [-0.25, -0.2) is 9.59 Å². The third-order valence-electron chi connectivity index (χ3n) is 10.1. The van der Waals surface area contributed by atoms with Gasteiger partial charge in [0.15, 0.2) is 6.10 Å². The molecule has 6 rings (SSSR count). The van der Waals surface area contributed by atoms with Crippen LogP contribution in [0.3, 0.4) is 0 Å². The van der Waals surface area contributed by atoms with Gasteiger partial charge in [-0.1, -0.05) is 35.8 Å². The predicted molar refractivity (Wildman–Crippen MR) is 174 cm³/mol. The highest BCUT2D eigenvalue weighted by molar-refractivity contribution is 6.34. The molecule has 12 heteroatoms. The Morgan fingerprint density at radius 1 is 0.978 bits per heavy atom. The van der Waals surface area contributed by atoms with Crippen LogP contribution in [0.1, 0.15) is 48.8 Å². The van der Waals surface area contributed by atoms with Crippen molar-refractivity contribution in [3.05, 3.63) is 53.1 Å². The van der Waals surface area contributed by atoms with Crippen LogP contribution >= 0.6 is 0 Å². The van der Waals surface area contributed by atoms with Crippen molar-refractivity contribution in [3.8, 4) is 5.75 Å². The number of nitrogens with one attached hydrogen (secondary N) is 1. The number of aromatic hydroxyl groups is 1. The second kappa shape index (κ2) is 13.9. The van der Waals surface area contributed by atoms with E-state index in [0.29, 0.717) is 69.3 Å². The van der Waals surface area contributed by atoms with Gasteiger partial charge in [0.1, 0.15) is 13.6 Å². The number of rotatable bonds is 6. The van der Waals surface area contributed by atoms with Crippen LogP contribution in [0.2, 0.25) is 0 Å². The van der Waals surface area contributed by atoms with Gasteiger partial charge in [0.25, 0.3) is 5.91 Å². The van der Waals surface area contributed by atoms with E-state index in [1.807, 2.05) is 29.2 Å². The summed E-state index contributed by atoms with van der Waals surface area (Å²) < 4.78 is 5.98. The maximum absolute atomic E-state index is 13.9. The molecule has 0 unspecified atom stereocenters. The minimum Gasteiger partial charge on any atom is -0.508 e. The van der Waals surface area contributed by atoms with Crippen molar-refractivity contribution in [2.45, 2.75) is 76.2 Å². The number of likely N-dealkylation sites (tertiary alicyclic amines) is 3. The monoisotopic (exact) mass is 629 g/mol. The average Bonchev–Trinajstić information content (AvgIpc) is 3.42. The highest BCUT2D eigenvalue weighted by atomic mass is 16.6. The molecule has 2 aromatic rings. The van der Waals surface area contributed by atoms with Gasteiger partial charge < -0.3 is 35.0 Å². The van der Waals surface area contributed by atoms with Crippen molar-refractivity contribution in [3.63, 3.8) is 0 Å². The molecule has 244 valence electrons. The van der Waals surface area contributed by atoms with Crippen LogP contribution in [0.25, 0.3) is 0 Å². The number of aryl methyl sites for hydroxylation is 1. The lowest BCUT2D eigenvalue weighted by Crippen LogP contribution is -2.52. The number of amides is 4. The van der Waals surface area contributed by atoms with Gasteiger partial charge in [-0.2, -0.15) is 0 Å². The fourth-order valence-electron chi connectivity index (χ4n) is 7.44. The van der Waals surface area contributed by atoms with Crippen molar-refractivity contribution in [2.24, 2.45) is 0 Å². The fourth-order valence-corrected chi connectivity index (χ4v) is 7.44. The lowest BCUT2D eigenvalue weighted by Gasteiger charge is -2.39. The van der Waals surface area contributed by atoms with Crippen molar-refractivity contribution in [1.29, 1.82) is 0 Å². The number of carbonyl (C=O) groups excluding carboxylic acids is 3. The molecule has 3 saturated heterocycles. The van der Waals surface area contributed by atoms with Crippen LogP contribution in [-0.4, -0.2) is 126 Å². The van der Waals surface area contributed by atoms with E-state index in [-0.39, 0.29) is 41.7 Å². The molecule has 3 N–H and O–H groups in total. The molecule has 4 amide bonds. The third kappa shape index (κ3) is 7.13. The van der Waals surface area contributed by atoms with E-state index in [1.54, 1.807) is 28.9 Å². The lowest BCUT2D eigenvalue weighted by atomic mass is 9.89. The number of urea groups is 1. The summed E-state index contributed by atoms with van der Waals surface area (Å²) in [5.41, 5.74) is 3.45. The molecule has 2 atom stereocenters. The van der Waals surface area contributed by atoms with Crippen LogP contribution in [0.15, 0.2) is 36.4 Å². The van der Waals surface area contributed by atoms with Gasteiger partial charge in [0, 0.05) is 70.0 Å². The minimum atomic E-state index is -1.05. The molecule has 0 spiro atoms. The van der Waals surface area contributed by atoms with E-state index < -0.39 is 12.2 Å². The number of β-amino-alcohol motifs (C(OH)–C–C–N with tert-alkyl or cyclic N) is 1. The molecular weight excluding hydrogens is 585 g/mol. The quantitative estimate of drug-likeness (QED) is 0.419. The topological polar surface area (TPSA) is 126 Å². The number of hydrogen-bond acceptors (Lipinski definition) is 7. The largest absolute Gasteiger partial charge is 0.508 e. The lowest BCUT2D eigenvalue weighted by molar-refractivity contribution is -0.142. The molecule has 0 bridgehead atoms. The number of ether oxygens (including phenoxy) is 1. The van der Waals surface area contributed by atoms with E-state index in [4.69, 9.17) is 12.6 Å². The first-order valence-corrected chi connectivity index (χ1v) is 16.6. The highest BCUT2D eigenvalue weighted by Crippen LogP contribution is 2.26. The zero-order valence-corrected chi connectivity index (χ0v) is 26.6. The van der Waals surface area contributed by atoms with Gasteiger partial charge in [-0.15, -0.1) is 0 Å². The third-order valence-corrected chi connectivity index (χ3v) is 10.1. The first-order valence-electron chi connectivity index (χ1n) is 16.6. The summed E-state index contributed by atoms with van der Waals surface area (Å²) in [7, 11) is 6.02. The molecule has 0 saturated carbocycles. The SMILES string of the molecule is [B]c1cc(C[C@@H](OC(=O)N2CCC(N3CCc4ccccc4NC3=O)CC2)C(=O)N2CCC(N3CC[C@@H](O)C3)CC2)cc(C)c1O. The van der Waals surface area contributed by atoms with Gasteiger partial charge in [0.05, 0.1) is 6.10 Å². The van der Waals surface area contributed by atoms with Crippen molar-refractivity contribution in [2.75, 3.05) is 51.1 Å². The average molecular weight is 630 g/mol. The summed E-state index contributed by atoms with van der Waals surface area (Å²) in [6, 6.07) is 11.4. The van der Waals surface area contributed by atoms with E-state index in [0.717, 1.165) is 43.5 Å². The molecule has 0 aliphatic carbocycles. The van der Waals surface area contributed by atoms with E-state index in [1.165, 1.54) is 0 Å². The number of benzene rings is 2. The van der Waals surface area contributed by atoms with Crippen LogP contribution in [0.5, 0.6) is 5.75 Å². The van der Waals surface area contributed by atoms with E-state index >= 15 is 0 Å². The van der Waals surface area contributed by atoms with Crippen LogP contribution in [0, 0.1) is 6.92 Å². The molecule has 4 heterocycles. The molecular formula is C34H44BN5O6. The Labute approximate surface area is 271 Å². The van der Waals surface area contributed by atoms with Crippen molar-refractivity contribution in [1.82, 2.24) is 19.6 Å². The number of aliphatic hydroxyl groups excluding tert-OH is 1. The zero-order chi connectivity index (χ0) is 32.4. The summed E-state index contributed by atoms with van der Waals surface area (Å²) in [4.78, 5) is 48.1. The summed E-state index contributed by atoms with van der Waals surface area (Å²) in [5, 5.41) is 23.2. The van der Waals surface area contributed by atoms with E-state index in [2.05, 4.69) is 10.2 Å². The molecule has 3 fully saturated rings. The zero-order valence-electron chi connectivity index (χ0n) is 26.6. The predicted octanol–water partition coefficient (Wildman–Crippen LogP) is 2.15. The molecule has 46 heavy (non-hydrogen) atoms. The molecule has 4 aliphatic heterocycles. The smallest absolute Gasteiger partial charge is 0.410 e. The number of aliphatic hydroxyl groups is 1.